The monoisotopic (exact) mass is 301 g/mol. The van der Waals surface area contributed by atoms with Crippen molar-refractivity contribution in [2.45, 2.75) is 11.1 Å². The van der Waals surface area contributed by atoms with Gasteiger partial charge in [0.25, 0.3) is 0 Å². The number of allylic oxidation sites excluding steroid dienone is 4. The molecule has 0 heterocycles. The van der Waals surface area contributed by atoms with E-state index >= 15 is 0 Å². The second-order valence-electron chi connectivity index (χ2n) is 2.85. The first-order chi connectivity index (χ1) is 7.59. The lowest BCUT2D eigenvalue weighted by Crippen LogP contribution is -2.44. The van der Waals surface area contributed by atoms with E-state index < -0.39 is 40.1 Å². The van der Waals surface area contributed by atoms with E-state index in [-0.39, 0.29) is 0 Å². The van der Waals surface area contributed by atoms with Gasteiger partial charge in [-0.15, -0.1) is 0 Å². The molecule has 0 aromatic heterocycles. The molecule has 1 rings (SSSR count). The van der Waals surface area contributed by atoms with Crippen LogP contribution in [0.15, 0.2) is 27.8 Å². The van der Waals surface area contributed by atoms with E-state index in [1.54, 1.807) is 0 Å². The summed E-state index contributed by atoms with van der Waals surface area (Å²) in [7, 11) is 0. The molecule has 96 valence electrons. The molecule has 1 nitrogen and oxygen atoms in total. The Morgan fingerprint density at radius 2 is 1.29 bits per heavy atom. The number of nitrogens with zero attached hydrogens (tertiary/aromatic N) is 1. The molecule has 0 radical (unpaired) electrons. The number of hydrogen-bond donors (Lipinski definition) is 0. The van der Waals surface area contributed by atoms with Gasteiger partial charge in [0.05, 0.1) is 0 Å². The summed E-state index contributed by atoms with van der Waals surface area (Å²) in [6, 6.07) is 0. The van der Waals surface area contributed by atoms with Crippen LogP contribution in [0.4, 0.5) is 30.7 Å². The number of alkyl halides is 4. The Labute approximate surface area is 99.3 Å². The number of halogens is 9. The van der Waals surface area contributed by atoms with Gasteiger partial charge in [0.1, 0.15) is 0 Å². The maximum atomic E-state index is 13.1. The molecule has 0 unspecified atom stereocenters. The van der Waals surface area contributed by atoms with Crippen molar-refractivity contribution in [2.24, 2.45) is 4.51 Å². The summed E-state index contributed by atoms with van der Waals surface area (Å²) in [5.41, 5.74) is -1.72. The lowest BCUT2D eigenvalue weighted by molar-refractivity contribution is -0.152. The van der Waals surface area contributed by atoms with Gasteiger partial charge < -0.3 is 0 Å². The van der Waals surface area contributed by atoms with E-state index in [4.69, 9.17) is 0 Å². The predicted molar refractivity (Wildman–Crippen MR) is 46.4 cm³/mol. The molecule has 0 aromatic rings. The van der Waals surface area contributed by atoms with Crippen molar-refractivity contribution in [3.05, 3.63) is 23.3 Å². The second-order valence-corrected chi connectivity index (χ2v) is 3.58. The van der Waals surface area contributed by atoms with Crippen molar-refractivity contribution in [1.29, 1.82) is 0 Å². The zero-order chi connectivity index (χ0) is 13.6. The Morgan fingerprint density at radius 1 is 0.941 bits per heavy atom. The van der Waals surface area contributed by atoms with Crippen molar-refractivity contribution >= 4 is 29.1 Å². The Bertz CT molecular complexity index is 420. The third-order valence-corrected chi connectivity index (χ3v) is 2.60. The van der Waals surface area contributed by atoms with Crippen molar-refractivity contribution in [3.63, 3.8) is 0 Å². The van der Waals surface area contributed by atoms with Crippen molar-refractivity contribution in [2.75, 3.05) is 0 Å². The summed E-state index contributed by atoms with van der Waals surface area (Å²) in [6.07, 6.45) is -5.78. The van der Waals surface area contributed by atoms with E-state index in [2.05, 4.69) is 27.9 Å². The molecular formula is C7Cl2F7N. The van der Waals surface area contributed by atoms with Gasteiger partial charge in [0.2, 0.25) is 4.87 Å². The molecule has 10 heteroatoms. The van der Waals surface area contributed by atoms with Crippen LogP contribution in [0.25, 0.3) is 0 Å². The highest BCUT2D eigenvalue weighted by Crippen LogP contribution is 2.53. The Hall–Kier alpha value is -0.760. The standard InChI is InChI=1S/C7Cl2F7N/c8-6(7(14,15)16)4(12)1(10)3(17-9)2(11)5(6)13. The smallest absolute Gasteiger partial charge is 0.206 e. The van der Waals surface area contributed by atoms with Gasteiger partial charge in [0.15, 0.2) is 29.0 Å². The summed E-state index contributed by atoms with van der Waals surface area (Å²) in [5.74, 6) is -10.3. The first-order valence-corrected chi connectivity index (χ1v) is 4.37. The average molecular weight is 302 g/mol. The van der Waals surface area contributed by atoms with Crippen molar-refractivity contribution in [3.8, 4) is 0 Å². The van der Waals surface area contributed by atoms with Crippen LogP contribution in [0.1, 0.15) is 0 Å². The minimum absolute atomic E-state index is 1.72. The molecule has 17 heavy (non-hydrogen) atoms. The van der Waals surface area contributed by atoms with Crippen LogP contribution in [0.3, 0.4) is 0 Å². The van der Waals surface area contributed by atoms with Crippen LogP contribution < -0.4 is 0 Å². The highest BCUT2D eigenvalue weighted by atomic mass is 35.5. The molecule has 0 spiro atoms. The molecule has 1 aliphatic rings. The van der Waals surface area contributed by atoms with Crippen molar-refractivity contribution in [1.82, 2.24) is 0 Å². The quantitative estimate of drug-likeness (QED) is 0.463. The minimum Gasteiger partial charge on any atom is -0.206 e. The molecule has 0 aromatic carbocycles. The van der Waals surface area contributed by atoms with Crippen molar-refractivity contribution < 1.29 is 30.7 Å². The Balaban J connectivity index is 3.62. The van der Waals surface area contributed by atoms with Crippen LogP contribution in [-0.2, 0) is 0 Å². The minimum atomic E-state index is -5.78. The summed E-state index contributed by atoms with van der Waals surface area (Å²) in [5, 5.41) is 0. The van der Waals surface area contributed by atoms with Crippen LogP contribution in [0.5, 0.6) is 0 Å². The maximum Gasteiger partial charge on any atom is 0.420 e. The van der Waals surface area contributed by atoms with Crippen LogP contribution in [-0.4, -0.2) is 16.8 Å². The average Bonchev–Trinajstić information content (AvgIpc) is 2.23. The van der Waals surface area contributed by atoms with Gasteiger partial charge in [-0.05, 0) is 0 Å². The normalized spacial score (nSPS) is 26.8. The third-order valence-electron chi connectivity index (χ3n) is 1.88. The maximum absolute atomic E-state index is 13.1. The highest BCUT2D eigenvalue weighted by Gasteiger charge is 2.65. The van der Waals surface area contributed by atoms with E-state index in [0.717, 1.165) is 0 Å². The van der Waals surface area contributed by atoms with Gasteiger partial charge in [0, 0.05) is 11.8 Å². The molecule has 0 atom stereocenters. The Morgan fingerprint density at radius 3 is 1.53 bits per heavy atom. The zero-order valence-corrected chi connectivity index (χ0v) is 8.86. The first-order valence-electron chi connectivity index (χ1n) is 3.65. The van der Waals surface area contributed by atoms with Gasteiger partial charge in [-0.25, -0.2) is 17.6 Å². The topological polar surface area (TPSA) is 12.4 Å². The van der Waals surface area contributed by atoms with Crippen LogP contribution in [0, 0.1) is 0 Å². The molecule has 0 bridgehead atoms. The molecule has 0 amide bonds. The number of hydrogen-bond acceptors (Lipinski definition) is 1. The lowest BCUT2D eigenvalue weighted by atomic mass is 9.96. The largest absolute Gasteiger partial charge is 0.420 e. The predicted octanol–water partition coefficient (Wildman–Crippen LogP) is 4.44. The van der Waals surface area contributed by atoms with E-state index in [9.17, 15) is 30.7 Å². The summed E-state index contributed by atoms with van der Waals surface area (Å²) >= 11 is 9.19. The van der Waals surface area contributed by atoms with E-state index in [0.29, 0.717) is 0 Å². The van der Waals surface area contributed by atoms with E-state index in [1.807, 2.05) is 0 Å². The van der Waals surface area contributed by atoms with Gasteiger partial charge in [-0.3, -0.25) is 0 Å². The molecule has 0 fully saturated rings. The molecular weight excluding hydrogens is 302 g/mol. The summed E-state index contributed by atoms with van der Waals surface area (Å²) in [6.45, 7) is 0. The highest BCUT2D eigenvalue weighted by molar-refractivity contribution is 6.32. The molecule has 0 saturated carbocycles. The fraction of sp³-hybridized carbons (Fsp3) is 0.286. The molecule has 1 aliphatic carbocycles. The fourth-order valence-electron chi connectivity index (χ4n) is 1.03. The van der Waals surface area contributed by atoms with Crippen LogP contribution in [0.2, 0.25) is 0 Å². The third kappa shape index (κ3) is 1.83. The van der Waals surface area contributed by atoms with E-state index in [1.165, 1.54) is 0 Å². The van der Waals surface area contributed by atoms with Gasteiger partial charge in [-0.2, -0.15) is 17.7 Å². The molecule has 0 saturated heterocycles. The zero-order valence-electron chi connectivity index (χ0n) is 7.35. The van der Waals surface area contributed by atoms with Gasteiger partial charge >= 0.3 is 6.18 Å². The van der Waals surface area contributed by atoms with Gasteiger partial charge in [-0.1, -0.05) is 11.6 Å². The van der Waals surface area contributed by atoms with Crippen LogP contribution >= 0.6 is 23.4 Å². The second kappa shape index (κ2) is 4.16. The SMILES string of the molecule is FC1=C(F)C(Cl)(C(F)(F)F)C(F)=C(F)C1=NCl. The summed E-state index contributed by atoms with van der Waals surface area (Å²) in [4.78, 5) is -4.54. The lowest BCUT2D eigenvalue weighted by Gasteiger charge is -2.29. The Kier molecular flexibility index (Phi) is 3.50. The first kappa shape index (κ1) is 14.3. The molecule has 0 aliphatic heterocycles. The fourth-order valence-corrected chi connectivity index (χ4v) is 1.34. The summed E-state index contributed by atoms with van der Waals surface area (Å²) < 4.78 is 91.2. The molecule has 0 N–H and O–H groups in total. The number of rotatable bonds is 0.